The Morgan fingerprint density at radius 1 is 1.00 bits per heavy atom. The van der Waals surface area contributed by atoms with Crippen LogP contribution in [0.25, 0.3) is 11.1 Å². The Morgan fingerprint density at radius 2 is 1.58 bits per heavy atom. The van der Waals surface area contributed by atoms with Gasteiger partial charge in [0, 0.05) is 18.4 Å². The van der Waals surface area contributed by atoms with Gasteiger partial charge in [-0.15, -0.1) is 0 Å². The Kier molecular flexibility index (Phi) is 7.28. The molecule has 31 heavy (non-hydrogen) atoms. The van der Waals surface area contributed by atoms with E-state index in [9.17, 15) is 14.4 Å². The predicted octanol–water partition coefficient (Wildman–Crippen LogP) is 3.67. The van der Waals surface area contributed by atoms with Crippen molar-refractivity contribution in [3.63, 3.8) is 0 Å². The van der Waals surface area contributed by atoms with E-state index < -0.39 is 30.1 Å². The van der Waals surface area contributed by atoms with Crippen LogP contribution in [-0.4, -0.2) is 41.8 Å². The Balaban J connectivity index is 1.52. The highest BCUT2D eigenvalue weighted by atomic mass is 16.5. The van der Waals surface area contributed by atoms with Crippen molar-refractivity contribution < 1.29 is 24.2 Å². The van der Waals surface area contributed by atoms with Crippen molar-refractivity contribution in [2.24, 2.45) is 0 Å². The average molecular weight is 424 g/mol. The number of carbonyl (C=O) groups excluding carboxylic acids is 2. The van der Waals surface area contributed by atoms with Crippen molar-refractivity contribution in [2.75, 3.05) is 6.61 Å². The summed E-state index contributed by atoms with van der Waals surface area (Å²) < 4.78 is 5.47. The number of aliphatic carboxylic acids is 1. The molecule has 0 aromatic heterocycles. The van der Waals surface area contributed by atoms with Crippen LogP contribution >= 0.6 is 0 Å². The van der Waals surface area contributed by atoms with Crippen molar-refractivity contribution in [1.29, 1.82) is 0 Å². The van der Waals surface area contributed by atoms with Gasteiger partial charge in [0.05, 0.1) is 0 Å². The fraction of sp³-hybridized carbons (Fsp3) is 0.375. The Labute approximate surface area is 181 Å². The maximum atomic E-state index is 12.3. The van der Waals surface area contributed by atoms with E-state index in [2.05, 4.69) is 22.8 Å². The second kappa shape index (κ2) is 10.1. The minimum atomic E-state index is -1.06. The number of rotatable bonds is 9. The molecule has 2 atom stereocenters. The molecule has 164 valence electrons. The third-order valence-corrected chi connectivity index (χ3v) is 5.41. The molecule has 0 bridgehead atoms. The second-order valence-corrected chi connectivity index (χ2v) is 7.82. The number of fused-ring (bicyclic) bond motifs is 3. The summed E-state index contributed by atoms with van der Waals surface area (Å²) in [4.78, 5) is 35.6. The van der Waals surface area contributed by atoms with E-state index in [-0.39, 0.29) is 18.9 Å². The first kappa shape index (κ1) is 22.3. The van der Waals surface area contributed by atoms with Crippen LogP contribution in [0, 0.1) is 0 Å². The van der Waals surface area contributed by atoms with E-state index in [4.69, 9.17) is 9.84 Å². The average Bonchev–Trinajstić information content (AvgIpc) is 3.05. The van der Waals surface area contributed by atoms with E-state index in [1.54, 1.807) is 6.92 Å². The smallest absolute Gasteiger partial charge is 0.407 e. The number of alkyl carbamates (subject to hydrolysis) is 1. The van der Waals surface area contributed by atoms with E-state index in [0.717, 1.165) is 22.3 Å². The standard InChI is InChI=1S/C24H28N2O5/c1-3-8-21(23(28)29)26-22(27)13-15(2)25-24(30)31-14-20-18-11-6-4-9-16(18)17-10-5-7-12-19(17)20/h4-7,9-12,15,20-21H,3,8,13-14H2,1-2H3,(H,25,30)(H,26,27)(H,28,29)/t15-,21?/m1/s1. The summed E-state index contributed by atoms with van der Waals surface area (Å²) >= 11 is 0. The summed E-state index contributed by atoms with van der Waals surface area (Å²) in [6.07, 6.45) is 0.364. The zero-order valence-electron chi connectivity index (χ0n) is 17.8. The quantitative estimate of drug-likeness (QED) is 0.570. The fourth-order valence-electron chi connectivity index (χ4n) is 3.97. The van der Waals surface area contributed by atoms with Gasteiger partial charge in [-0.1, -0.05) is 61.9 Å². The first-order valence-corrected chi connectivity index (χ1v) is 10.5. The number of amides is 2. The summed E-state index contributed by atoms with van der Waals surface area (Å²) in [5, 5.41) is 14.3. The molecule has 0 spiro atoms. The van der Waals surface area contributed by atoms with Crippen LogP contribution < -0.4 is 10.6 Å². The van der Waals surface area contributed by atoms with Gasteiger partial charge in [0.25, 0.3) is 0 Å². The summed E-state index contributed by atoms with van der Waals surface area (Å²) in [6.45, 7) is 3.72. The van der Waals surface area contributed by atoms with Gasteiger partial charge in [-0.05, 0) is 35.6 Å². The molecule has 0 heterocycles. The van der Waals surface area contributed by atoms with E-state index in [1.165, 1.54) is 0 Å². The minimum absolute atomic E-state index is 0.0301. The molecule has 2 amide bonds. The fourth-order valence-corrected chi connectivity index (χ4v) is 3.97. The lowest BCUT2D eigenvalue weighted by Gasteiger charge is -2.18. The van der Waals surface area contributed by atoms with Gasteiger partial charge in [0.1, 0.15) is 12.6 Å². The number of carboxylic acids is 1. The lowest BCUT2D eigenvalue weighted by molar-refractivity contribution is -0.142. The number of benzene rings is 2. The number of hydrogen-bond donors (Lipinski definition) is 3. The van der Waals surface area contributed by atoms with Crippen LogP contribution in [0.2, 0.25) is 0 Å². The Morgan fingerprint density at radius 3 is 2.13 bits per heavy atom. The van der Waals surface area contributed by atoms with Gasteiger partial charge in [-0.2, -0.15) is 0 Å². The third kappa shape index (κ3) is 5.42. The first-order chi connectivity index (χ1) is 14.9. The maximum absolute atomic E-state index is 12.3. The summed E-state index contributed by atoms with van der Waals surface area (Å²) in [7, 11) is 0. The highest BCUT2D eigenvalue weighted by Gasteiger charge is 2.29. The summed E-state index contributed by atoms with van der Waals surface area (Å²) in [5.74, 6) is -1.53. The topological polar surface area (TPSA) is 105 Å². The van der Waals surface area contributed by atoms with Gasteiger partial charge in [0.2, 0.25) is 5.91 Å². The van der Waals surface area contributed by atoms with Gasteiger partial charge in [0.15, 0.2) is 0 Å². The van der Waals surface area contributed by atoms with Crippen molar-refractivity contribution in [3.05, 3.63) is 59.7 Å². The molecular formula is C24H28N2O5. The minimum Gasteiger partial charge on any atom is -0.480 e. The van der Waals surface area contributed by atoms with Crippen LogP contribution in [0.4, 0.5) is 4.79 Å². The van der Waals surface area contributed by atoms with Crippen molar-refractivity contribution in [2.45, 2.75) is 51.1 Å². The predicted molar refractivity (Wildman–Crippen MR) is 117 cm³/mol. The number of hydrogen-bond acceptors (Lipinski definition) is 4. The molecule has 0 radical (unpaired) electrons. The summed E-state index contributed by atoms with van der Waals surface area (Å²) in [6, 6.07) is 14.7. The molecule has 2 aromatic carbocycles. The van der Waals surface area contributed by atoms with Crippen molar-refractivity contribution >= 4 is 18.0 Å². The first-order valence-electron chi connectivity index (χ1n) is 10.5. The SMILES string of the molecule is CCCC(NC(=O)C[C@@H](C)NC(=O)OCC1c2ccccc2-c2ccccc21)C(=O)O. The molecular weight excluding hydrogens is 396 g/mol. The number of ether oxygens (including phenoxy) is 1. The Bertz CT molecular complexity index is 913. The molecule has 1 unspecified atom stereocenters. The molecule has 2 aromatic rings. The number of nitrogens with one attached hydrogen (secondary N) is 2. The van der Waals surface area contributed by atoms with Crippen molar-refractivity contribution in [3.8, 4) is 11.1 Å². The Hall–Kier alpha value is -3.35. The monoisotopic (exact) mass is 424 g/mol. The van der Waals surface area contributed by atoms with Gasteiger partial charge in [-0.3, -0.25) is 4.79 Å². The van der Waals surface area contributed by atoms with Crippen LogP contribution in [0.1, 0.15) is 50.2 Å². The molecule has 0 saturated carbocycles. The van der Waals surface area contributed by atoms with Gasteiger partial charge >= 0.3 is 12.1 Å². The molecule has 3 rings (SSSR count). The molecule has 7 heteroatoms. The lowest BCUT2D eigenvalue weighted by atomic mass is 9.98. The van der Waals surface area contributed by atoms with E-state index in [1.807, 2.05) is 43.3 Å². The van der Waals surface area contributed by atoms with Crippen LogP contribution in [0.5, 0.6) is 0 Å². The normalized spacial score (nSPS) is 14.1. The zero-order valence-corrected chi connectivity index (χ0v) is 17.8. The lowest BCUT2D eigenvalue weighted by Crippen LogP contribution is -2.44. The van der Waals surface area contributed by atoms with Crippen LogP contribution in [0.15, 0.2) is 48.5 Å². The van der Waals surface area contributed by atoms with Crippen molar-refractivity contribution in [1.82, 2.24) is 10.6 Å². The van der Waals surface area contributed by atoms with E-state index in [0.29, 0.717) is 12.8 Å². The molecule has 0 aliphatic heterocycles. The zero-order chi connectivity index (χ0) is 22.4. The molecule has 7 nitrogen and oxygen atoms in total. The second-order valence-electron chi connectivity index (χ2n) is 7.82. The number of carboxylic acid groups (broad SMARTS) is 1. The largest absolute Gasteiger partial charge is 0.480 e. The van der Waals surface area contributed by atoms with Crippen LogP contribution in [0.3, 0.4) is 0 Å². The highest BCUT2D eigenvalue weighted by Crippen LogP contribution is 2.44. The molecule has 0 fully saturated rings. The maximum Gasteiger partial charge on any atom is 0.407 e. The van der Waals surface area contributed by atoms with E-state index >= 15 is 0 Å². The van der Waals surface area contributed by atoms with Gasteiger partial charge in [-0.25, -0.2) is 9.59 Å². The van der Waals surface area contributed by atoms with Crippen LogP contribution in [-0.2, 0) is 14.3 Å². The molecule has 3 N–H and O–H groups in total. The molecule has 0 saturated heterocycles. The molecule has 1 aliphatic carbocycles. The molecule has 1 aliphatic rings. The third-order valence-electron chi connectivity index (χ3n) is 5.41. The highest BCUT2D eigenvalue weighted by molar-refractivity contribution is 5.84. The summed E-state index contributed by atoms with van der Waals surface area (Å²) in [5.41, 5.74) is 4.55. The van der Waals surface area contributed by atoms with Gasteiger partial charge < -0.3 is 20.5 Å². The number of carbonyl (C=O) groups is 3.